The minimum absolute atomic E-state index is 0.121. The van der Waals surface area contributed by atoms with E-state index in [9.17, 15) is 4.79 Å². The Kier molecular flexibility index (Phi) is 7.39. The molecule has 0 unspecified atom stereocenters. The zero-order valence-electron chi connectivity index (χ0n) is 18.3. The van der Waals surface area contributed by atoms with Crippen molar-refractivity contribution in [3.05, 3.63) is 62.6 Å². The molecule has 0 bridgehead atoms. The van der Waals surface area contributed by atoms with E-state index < -0.39 is 0 Å². The molecule has 4 nitrogen and oxygen atoms in total. The van der Waals surface area contributed by atoms with Crippen LogP contribution in [0.1, 0.15) is 55.2 Å². The third-order valence-electron chi connectivity index (χ3n) is 5.86. The quantitative estimate of drug-likeness (QED) is 0.358. The van der Waals surface area contributed by atoms with Gasteiger partial charge in [0, 0.05) is 21.4 Å². The van der Waals surface area contributed by atoms with Crippen LogP contribution >= 0.6 is 34.5 Å². The zero-order chi connectivity index (χ0) is 22.7. The third kappa shape index (κ3) is 4.95. The molecule has 1 N–H and O–H groups in total. The number of nitrogens with one attached hydrogen (secondary N) is 1. The number of halogens is 2. The van der Waals surface area contributed by atoms with Gasteiger partial charge in [0.25, 0.3) is 0 Å². The molecule has 1 saturated carbocycles. The number of hydrogen-bond donors (Lipinski definition) is 1. The maximum Gasteiger partial charge on any atom is 0.223 e. The number of aromatic nitrogens is 2. The number of carbonyl (C=O) groups excluding carboxylic acids is 1. The topological polar surface area (TPSA) is 46.9 Å². The predicted octanol–water partition coefficient (Wildman–Crippen LogP) is 7.45. The normalized spacial score (nSPS) is 14.1. The molecule has 2 heterocycles. The van der Waals surface area contributed by atoms with Gasteiger partial charge in [0.2, 0.25) is 5.91 Å². The van der Waals surface area contributed by atoms with Crippen molar-refractivity contribution in [3.63, 3.8) is 0 Å². The van der Waals surface area contributed by atoms with Crippen LogP contribution in [0.25, 0.3) is 22.3 Å². The number of unbranched alkanes of at least 4 members (excludes halogenated alkanes) is 1. The smallest absolute Gasteiger partial charge is 0.223 e. The number of rotatable bonds is 8. The molecular formula is C25H27Cl2N3OS. The molecule has 0 radical (unpaired) electrons. The Morgan fingerprint density at radius 3 is 2.78 bits per heavy atom. The molecule has 1 aliphatic rings. The first kappa shape index (κ1) is 23.1. The van der Waals surface area contributed by atoms with E-state index in [1.807, 2.05) is 16.8 Å². The Bertz CT molecular complexity index is 1140. The van der Waals surface area contributed by atoms with E-state index in [2.05, 4.69) is 43.4 Å². The van der Waals surface area contributed by atoms with Gasteiger partial charge < -0.3 is 5.32 Å². The van der Waals surface area contributed by atoms with Crippen LogP contribution in [-0.2, 0) is 11.3 Å². The SMILES string of the molecule is CCC/C=C/c1ccc(-c2c(C)c(CNC(=O)C3CCC3)nn2-c2ccc(Cl)cc2Cl)s1. The standard InChI is InChI=1S/C25H27Cl2N3OS/c1-3-4-5-9-19-11-13-23(32-19)24-16(2)21(15-28-25(31)17-7-6-8-17)29-30(24)22-12-10-18(26)14-20(22)27/h5,9-14,17H,3-4,6-8,15H2,1-2H3,(H,28,31)/b9-5+. The minimum Gasteiger partial charge on any atom is -0.350 e. The molecule has 1 amide bonds. The lowest BCUT2D eigenvalue weighted by Gasteiger charge is -2.23. The minimum atomic E-state index is 0.121. The summed E-state index contributed by atoms with van der Waals surface area (Å²) in [4.78, 5) is 14.7. The van der Waals surface area contributed by atoms with Gasteiger partial charge >= 0.3 is 0 Å². The fraction of sp³-hybridized carbons (Fsp3) is 0.360. The summed E-state index contributed by atoms with van der Waals surface area (Å²) in [6.45, 7) is 4.63. The number of nitrogens with zero attached hydrogens (tertiary/aromatic N) is 2. The number of hydrogen-bond acceptors (Lipinski definition) is 3. The maximum atomic E-state index is 12.4. The maximum absolute atomic E-state index is 12.4. The molecule has 1 aromatic carbocycles. The zero-order valence-corrected chi connectivity index (χ0v) is 20.7. The largest absolute Gasteiger partial charge is 0.350 e. The lowest BCUT2D eigenvalue weighted by atomic mass is 9.85. The van der Waals surface area contributed by atoms with Gasteiger partial charge in [0.05, 0.1) is 33.5 Å². The summed E-state index contributed by atoms with van der Waals surface area (Å²) in [5, 5.41) is 9.06. The Morgan fingerprint density at radius 2 is 2.09 bits per heavy atom. The van der Waals surface area contributed by atoms with Gasteiger partial charge in [-0.05, 0) is 62.6 Å². The predicted molar refractivity (Wildman–Crippen MR) is 135 cm³/mol. The molecule has 32 heavy (non-hydrogen) atoms. The fourth-order valence-electron chi connectivity index (χ4n) is 3.75. The second kappa shape index (κ2) is 10.2. The Labute approximate surface area is 203 Å². The van der Waals surface area contributed by atoms with Gasteiger partial charge in [-0.15, -0.1) is 11.3 Å². The summed E-state index contributed by atoms with van der Waals surface area (Å²) in [7, 11) is 0. The fourth-order valence-corrected chi connectivity index (χ4v) is 5.26. The van der Waals surface area contributed by atoms with Crippen LogP contribution in [-0.4, -0.2) is 15.7 Å². The van der Waals surface area contributed by atoms with E-state index in [-0.39, 0.29) is 11.8 Å². The van der Waals surface area contributed by atoms with Crippen LogP contribution in [0.2, 0.25) is 10.0 Å². The van der Waals surface area contributed by atoms with Crippen LogP contribution in [0, 0.1) is 12.8 Å². The van der Waals surface area contributed by atoms with Crippen molar-refractivity contribution < 1.29 is 4.79 Å². The summed E-state index contributed by atoms with van der Waals surface area (Å²) in [5.41, 5.74) is 3.63. The summed E-state index contributed by atoms with van der Waals surface area (Å²) >= 11 is 14.4. The molecule has 168 valence electrons. The van der Waals surface area contributed by atoms with Crippen LogP contribution in [0.4, 0.5) is 0 Å². The first-order valence-corrected chi connectivity index (χ1v) is 12.6. The van der Waals surface area contributed by atoms with Gasteiger partial charge in [-0.1, -0.05) is 49.0 Å². The van der Waals surface area contributed by atoms with E-state index in [0.29, 0.717) is 16.6 Å². The monoisotopic (exact) mass is 487 g/mol. The number of amides is 1. The van der Waals surface area contributed by atoms with Crippen molar-refractivity contribution in [2.45, 2.75) is 52.5 Å². The molecule has 4 rings (SSSR count). The molecule has 0 saturated heterocycles. The lowest BCUT2D eigenvalue weighted by molar-refractivity contribution is -0.127. The van der Waals surface area contributed by atoms with Crippen molar-refractivity contribution >= 4 is 46.5 Å². The summed E-state index contributed by atoms with van der Waals surface area (Å²) in [6.07, 6.45) is 9.67. The number of allylic oxidation sites excluding steroid dienone is 1. The van der Waals surface area contributed by atoms with E-state index in [0.717, 1.165) is 59.6 Å². The lowest BCUT2D eigenvalue weighted by Crippen LogP contribution is -2.34. The number of benzene rings is 1. The van der Waals surface area contributed by atoms with Crippen LogP contribution in [0.3, 0.4) is 0 Å². The second-order valence-corrected chi connectivity index (χ2v) is 10.1. The number of thiophene rings is 1. The van der Waals surface area contributed by atoms with E-state index in [1.165, 1.54) is 4.88 Å². The highest BCUT2D eigenvalue weighted by atomic mass is 35.5. The van der Waals surface area contributed by atoms with Crippen molar-refractivity contribution in [1.82, 2.24) is 15.1 Å². The van der Waals surface area contributed by atoms with Gasteiger partial charge in [-0.2, -0.15) is 5.10 Å². The van der Waals surface area contributed by atoms with Crippen LogP contribution < -0.4 is 5.32 Å². The molecule has 0 aliphatic heterocycles. The Morgan fingerprint density at radius 1 is 1.28 bits per heavy atom. The number of carbonyl (C=O) groups is 1. The van der Waals surface area contributed by atoms with Crippen molar-refractivity contribution in [2.24, 2.45) is 5.92 Å². The Balaban J connectivity index is 1.71. The molecule has 2 aromatic heterocycles. The van der Waals surface area contributed by atoms with Crippen LogP contribution in [0.15, 0.2) is 36.4 Å². The van der Waals surface area contributed by atoms with E-state index in [1.54, 1.807) is 17.4 Å². The first-order chi connectivity index (χ1) is 15.5. The molecule has 0 atom stereocenters. The van der Waals surface area contributed by atoms with Crippen molar-refractivity contribution in [2.75, 3.05) is 0 Å². The van der Waals surface area contributed by atoms with Gasteiger partial charge in [0.1, 0.15) is 0 Å². The van der Waals surface area contributed by atoms with Crippen molar-refractivity contribution in [1.29, 1.82) is 0 Å². The molecule has 0 spiro atoms. The van der Waals surface area contributed by atoms with Crippen LogP contribution in [0.5, 0.6) is 0 Å². The molecule has 7 heteroatoms. The summed E-state index contributed by atoms with van der Waals surface area (Å²) in [6, 6.07) is 9.67. The highest BCUT2D eigenvalue weighted by molar-refractivity contribution is 7.16. The van der Waals surface area contributed by atoms with Gasteiger partial charge in [0.15, 0.2) is 0 Å². The second-order valence-electron chi connectivity index (χ2n) is 8.17. The molecular weight excluding hydrogens is 461 g/mol. The highest BCUT2D eigenvalue weighted by Crippen LogP contribution is 2.36. The van der Waals surface area contributed by atoms with E-state index in [4.69, 9.17) is 28.3 Å². The van der Waals surface area contributed by atoms with Gasteiger partial charge in [-0.25, -0.2) is 4.68 Å². The third-order valence-corrected chi connectivity index (χ3v) is 7.46. The molecule has 1 aliphatic carbocycles. The van der Waals surface area contributed by atoms with E-state index >= 15 is 0 Å². The molecule has 1 fully saturated rings. The average Bonchev–Trinajstić information content (AvgIpc) is 3.29. The molecule has 3 aromatic rings. The first-order valence-electron chi connectivity index (χ1n) is 11.1. The summed E-state index contributed by atoms with van der Waals surface area (Å²) < 4.78 is 1.88. The summed E-state index contributed by atoms with van der Waals surface area (Å²) in [5.74, 6) is 0.271. The van der Waals surface area contributed by atoms with Gasteiger partial charge in [-0.3, -0.25) is 4.79 Å². The van der Waals surface area contributed by atoms with Crippen molar-refractivity contribution in [3.8, 4) is 16.3 Å². The highest BCUT2D eigenvalue weighted by Gasteiger charge is 2.26. The average molecular weight is 488 g/mol. The Hall–Kier alpha value is -2.08.